The summed E-state index contributed by atoms with van der Waals surface area (Å²) in [5.74, 6) is 0. The monoisotopic (exact) mass is 316 g/mol. The van der Waals surface area contributed by atoms with Crippen LogP contribution in [0.15, 0.2) is 0 Å². The zero-order valence-corrected chi connectivity index (χ0v) is 12.7. The van der Waals surface area contributed by atoms with Crippen molar-refractivity contribution in [2.75, 3.05) is 6.61 Å². The van der Waals surface area contributed by atoms with E-state index in [9.17, 15) is 14.6 Å². The second kappa shape index (κ2) is 7.13. The molecule has 21 heavy (non-hydrogen) atoms. The van der Waals surface area contributed by atoms with Crippen molar-refractivity contribution in [2.24, 2.45) is 0 Å². The van der Waals surface area contributed by atoms with Gasteiger partial charge in [0.1, 0.15) is 21.8 Å². The molecule has 2 aliphatic rings. The van der Waals surface area contributed by atoms with Crippen LogP contribution in [-0.4, -0.2) is 68.7 Å². The molecule has 4 radical (unpaired) electrons. The van der Waals surface area contributed by atoms with Crippen molar-refractivity contribution in [3.63, 3.8) is 0 Å². The van der Waals surface area contributed by atoms with Crippen LogP contribution >= 0.6 is 7.82 Å². The van der Waals surface area contributed by atoms with Crippen molar-refractivity contribution in [2.45, 2.75) is 62.6 Å². The Morgan fingerprint density at radius 1 is 1.24 bits per heavy atom. The van der Waals surface area contributed by atoms with Gasteiger partial charge in [-0.05, 0) is 19.3 Å². The molecule has 7 unspecified atom stereocenters. The Balaban J connectivity index is 1.83. The molecule has 0 aromatic rings. The molecule has 2 N–H and O–H groups in total. The van der Waals surface area contributed by atoms with E-state index in [1.54, 1.807) is 0 Å². The minimum atomic E-state index is -4.28. The Morgan fingerprint density at radius 2 is 1.86 bits per heavy atom. The van der Waals surface area contributed by atoms with Crippen molar-refractivity contribution in [3.8, 4) is 0 Å². The Hall–Kier alpha value is 0.120. The zero-order chi connectivity index (χ0) is 15.6. The quantitative estimate of drug-likeness (QED) is 0.519. The molecule has 0 aromatic carbocycles. The van der Waals surface area contributed by atoms with E-state index in [1.165, 1.54) is 0 Å². The van der Waals surface area contributed by atoms with E-state index in [2.05, 4.69) is 0 Å². The second-order valence-electron chi connectivity index (χ2n) is 5.28. The van der Waals surface area contributed by atoms with Crippen LogP contribution in [0.25, 0.3) is 0 Å². The van der Waals surface area contributed by atoms with Crippen LogP contribution in [0, 0.1) is 0 Å². The highest BCUT2D eigenvalue weighted by atomic mass is 31.2. The molecule has 0 spiro atoms. The summed E-state index contributed by atoms with van der Waals surface area (Å²) >= 11 is 0. The topological polar surface area (TPSA) is 94.5 Å². The minimum Gasteiger partial charge on any atom is -0.390 e. The summed E-state index contributed by atoms with van der Waals surface area (Å²) in [7, 11) is 6.86. The second-order valence-corrected chi connectivity index (χ2v) is 6.69. The maximum atomic E-state index is 11.9. The first kappa shape index (κ1) is 17.5. The van der Waals surface area contributed by atoms with Crippen molar-refractivity contribution in [1.82, 2.24) is 0 Å². The molecule has 7 atom stereocenters. The van der Waals surface area contributed by atoms with Gasteiger partial charge in [-0.3, -0.25) is 9.05 Å². The SMILES string of the molecule is [B]C1CC(O)C(COP(=O)(O)OC2CC([B])OC2CC)O1. The van der Waals surface area contributed by atoms with Gasteiger partial charge in [-0.1, -0.05) is 6.92 Å². The Labute approximate surface area is 126 Å². The normalized spacial score (nSPS) is 43.0. The largest absolute Gasteiger partial charge is 0.472 e. The van der Waals surface area contributed by atoms with Crippen LogP contribution in [-0.2, 0) is 23.1 Å². The van der Waals surface area contributed by atoms with Gasteiger partial charge < -0.3 is 19.5 Å². The molecular formula is C11H19B2O7P. The van der Waals surface area contributed by atoms with E-state index in [0.29, 0.717) is 12.8 Å². The maximum Gasteiger partial charge on any atom is 0.472 e. The van der Waals surface area contributed by atoms with E-state index in [1.807, 2.05) is 6.92 Å². The molecule has 2 heterocycles. The highest BCUT2D eigenvalue weighted by Gasteiger charge is 2.39. The molecule has 116 valence electrons. The van der Waals surface area contributed by atoms with E-state index < -0.39 is 38.1 Å². The number of phosphoric acid groups is 1. The molecule has 10 heteroatoms. The van der Waals surface area contributed by atoms with Gasteiger partial charge in [0.05, 0.1) is 24.9 Å². The van der Waals surface area contributed by atoms with Gasteiger partial charge in [0, 0.05) is 12.0 Å². The van der Waals surface area contributed by atoms with Crippen LogP contribution in [0.1, 0.15) is 26.2 Å². The Bertz CT molecular complexity index is 399. The van der Waals surface area contributed by atoms with Gasteiger partial charge >= 0.3 is 7.82 Å². The number of aliphatic hydroxyl groups excluding tert-OH is 1. The van der Waals surface area contributed by atoms with Crippen LogP contribution < -0.4 is 0 Å². The summed E-state index contributed by atoms with van der Waals surface area (Å²) in [6.07, 6.45) is -1.33. The Kier molecular flexibility index (Phi) is 5.93. The Morgan fingerprint density at radius 3 is 2.43 bits per heavy atom. The van der Waals surface area contributed by atoms with Crippen LogP contribution in [0.2, 0.25) is 0 Å². The molecule has 2 rings (SSSR count). The van der Waals surface area contributed by atoms with Gasteiger partial charge in [-0.25, -0.2) is 4.57 Å². The van der Waals surface area contributed by atoms with Gasteiger partial charge in [0.2, 0.25) is 0 Å². The fourth-order valence-corrected chi connectivity index (χ4v) is 3.46. The molecule has 2 aliphatic heterocycles. The number of hydrogen-bond donors (Lipinski definition) is 2. The first-order valence-electron chi connectivity index (χ1n) is 6.96. The number of hydrogen-bond acceptors (Lipinski definition) is 6. The predicted octanol–water partition coefficient (Wildman–Crippen LogP) is -0.174. The van der Waals surface area contributed by atoms with E-state index in [4.69, 9.17) is 34.2 Å². The molecule has 0 saturated carbocycles. The number of phosphoric ester groups is 1. The summed E-state index contributed by atoms with van der Waals surface area (Å²) in [5, 5.41) is 9.62. The van der Waals surface area contributed by atoms with Crippen molar-refractivity contribution >= 4 is 23.5 Å². The molecule has 7 nitrogen and oxygen atoms in total. The number of ether oxygens (including phenoxy) is 2. The molecule has 0 aromatic heterocycles. The summed E-state index contributed by atoms with van der Waals surface area (Å²) in [6, 6.07) is -1.11. The standard InChI is InChI=1S/C11H19B2O7P/c1-2-7-8(4-11(13)18-7)20-21(15,16)17-5-9-6(14)3-10(12)19-9/h6-11,14H,2-5H2,1H3,(H,15,16). The number of rotatable bonds is 6. The molecule has 2 fully saturated rings. The molecule has 2 saturated heterocycles. The average molecular weight is 316 g/mol. The van der Waals surface area contributed by atoms with Gasteiger partial charge in [0.15, 0.2) is 0 Å². The van der Waals surface area contributed by atoms with Crippen LogP contribution in [0.4, 0.5) is 0 Å². The number of aliphatic hydroxyl groups is 1. The third-order valence-corrected chi connectivity index (χ3v) is 4.57. The van der Waals surface area contributed by atoms with E-state index >= 15 is 0 Å². The lowest BCUT2D eigenvalue weighted by Gasteiger charge is -2.22. The molecule has 0 aliphatic carbocycles. The highest BCUT2D eigenvalue weighted by molar-refractivity contribution is 7.47. The van der Waals surface area contributed by atoms with Gasteiger partial charge in [0.25, 0.3) is 0 Å². The molecular weight excluding hydrogens is 297 g/mol. The smallest absolute Gasteiger partial charge is 0.390 e. The van der Waals surface area contributed by atoms with E-state index in [-0.39, 0.29) is 19.1 Å². The molecule has 0 amide bonds. The fraction of sp³-hybridized carbons (Fsp3) is 1.00. The third-order valence-electron chi connectivity index (χ3n) is 3.55. The van der Waals surface area contributed by atoms with Gasteiger partial charge in [-0.2, -0.15) is 0 Å². The first-order chi connectivity index (χ1) is 9.80. The predicted molar refractivity (Wildman–Crippen MR) is 75.0 cm³/mol. The highest BCUT2D eigenvalue weighted by Crippen LogP contribution is 2.47. The minimum absolute atomic E-state index is 0.258. The first-order valence-corrected chi connectivity index (χ1v) is 8.46. The lowest BCUT2D eigenvalue weighted by Crippen LogP contribution is -2.27. The van der Waals surface area contributed by atoms with Crippen molar-refractivity contribution < 1.29 is 33.1 Å². The van der Waals surface area contributed by atoms with Crippen LogP contribution in [0.5, 0.6) is 0 Å². The van der Waals surface area contributed by atoms with Crippen molar-refractivity contribution in [3.05, 3.63) is 0 Å². The van der Waals surface area contributed by atoms with Crippen LogP contribution in [0.3, 0.4) is 0 Å². The fourth-order valence-electron chi connectivity index (χ4n) is 2.50. The summed E-state index contributed by atoms with van der Waals surface area (Å²) in [4.78, 5) is 9.73. The zero-order valence-electron chi connectivity index (χ0n) is 11.8. The average Bonchev–Trinajstić information content (AvgIpc) is 2.88. The lowest BCUT2D eigenvalue weighted by atomic mass is 9.96. The van der Waals surface area contributed by atoms with Gasteiger partial charge in [-0.15, -0.1) is 0 Å². The maximum absolute atomic E-state index is 11.9. The summed E-state index contributed by atoms with van der Waals surface area (Å²) < 4.78 is 32.4. The summed E-state index contributed by atoms with van der Waals surface area (Å²) in [6.45, 7) is 1.59. The van der Waals surface area contributed by atoms with Crippen molar-refractivity contribution in [1.29, 1.82) is 0 Å². The van der Waals surface area contributed by atoms with E-state index in [0.717, 1.165) is 0 Å². The third kappa shape index (κ3) is 4.79. The summed E-state index contributed by atoms with van der Waals surface area (Å²) in [5.41, 5.74) is 0. The molecule has 0 bridgehead atoms. The lowest BCUT2D eigenvalue weighted by molar-refractivity contribution is -0.0168.